The van der Waals surface area contributed by atoms with Gasteiger partial charge in [-0.05, 0) is 42.3 Å². The van der Waals surface area contributed by atoms with Crippen LogP contribution in [0.1, 0.15) is 28.0 Å². The lowest BCUT2D eigenvalue weighted by Gasteiger charge is -2.11. The molecule has 0 aliphatic carbocycles. The van der Waals surface area contributed by atoms with Crippen molar-refractivity contribution in [1.82, 2.24) is 9.38 Å². The molecule has 0 amide bonds. The highest BCUT2D eigenvalue weighted by atomic mass is 35.5. The van der Waals surface area contributed by atoms with Gasteiger partial charge in [-0.1, -0.05) is 11.6 Å². The largest absolute Gasteiger partial charge is 0.489 e. The number of pyridine rings is 1. The Morgan fingerprint density at radius 3 is 3.04 bits per heavy atom. The van der Waals surface area contributed by atoms with E-state index in [0.29, 0.717) is 35.4 Å². The second-order valence-corrected chi connectivity index (χ2v) is 6.53. The second kappa shape index (κ2) is 6.88. The predicted octanol–water partition coefficient (Wildman–Crippen LogP) is 3.81. The zero-order valence-corrected chi connectivity index (χ0v) is 15.0. The molecule has 3 heterocycles. The molecule has 0 bridgehead atoms. The van der Waals surface area contributed by atoms with E-state index in [9.17, 15) is 4.79 Å². The molecule has 1 aliphatic rings. The Hall–Kier alpha value is -2.73. The van der Waals surface area contributed by atoms with Gasteiger partial charge in [0.2, 0.25) is 0 Å². The van der Waals surface area contributed by atoms with Gasteiger partial charge in [0, 0.05) is 18.8 Å². The fourth-order valence-electron chi connectivity index (χ4n) is 2.77. The minimum absolute atomic E-state index is 0.0715. The molecule has 4 rings (SSSR count). The molecule has 0 radical (unpaired) electrons. The first-order valence-corrected chi connectivity index (χ1v) is 8.68. The summed E-state index contributed by atoms with van der Waals surface area (Å²) in [6, 6.07) is 7.35. The SMILES string of the molecule is Cc1ccn2cc(C(=O)OCc3cc(Cl)c4c(c3)OCCCO4)nc2c1. The summed E-state index contributed by atoms with van der Waals surface area (Å²) in [7, 11) is 0. The monoisotopic (exact) mass is 372 g/mol. The molecule has 134 valence electrons. The summed E-state index contributed by atoms with van der Waals surface area (Å²) in [5.41, 5.74) is 2.77. The van der Waals surface area contributed by atoms with Crippen LogP contribution in [-0.4, -0.2) is 28.6 Å². The van der Waals surface area contributed by atoms with Crippen molar-refractivity contribution in [2.75, 3.05) is 13.2 Å². The van der Waals surface area contributed by atoms with Gasteiger partial charge in [0.25, 0.3) is 0 Å². The van der Waals surface area contributed by atoms with Crippen molar-refractivity contribution >= 4 is 23.2 Å². The lowest BCUT2D eigenvalue weighted by Crippen LogP contribution is -2.06. The van der Waals surface area contributed by atoms with Crippen LogP contribution in [-0.2, 0) is 11.3 Å². The van der Waals surface area contributed by atoms with Crippen molar-refractivity contribution in [2.24, 2.45) is 0 Å². The number of imidazole rings is 1. The van der Waals surface area contributed by atoms with Gasteiger partial charge >= 0.3 is 5.97 Å². The first-order valence-electron chi connectivity index (χ1n) is 8.31. The van der Waals surface area contributed by atoms with Crippen LogP contribution in [0.15, 0.2) is 36.7 Å². The minimum atomic E-state index is -0.491. The summed E-state index contributed by atoms with van der Waals surface area (Å²) >= 11 is 6.26. The number of benzene rings is 1. The summed E-state index contributed by atoms with van der Waals surface area (Å²) in [5.74, 6) is 0.619. The number of hydrogen-bond acceptors (Lipinski definition) is 5. The van der Waals surface area contributed by atoms with E-state index in [-0.39, 0.29) is 12.3 Å². The van der Waals surface area contributed by atoms with Crippen LogP contribution in [0, 0.1) is 6.92 Å². The molecule has 1 aliphatic heterocycles. The van der Waals surface area contributed by atoms with Crippen molar-refractivity contribution in [3.8, 4) is 11.5 Å². The van der Waals surface area contributed by atoms with Gasteiger partial charge in [-0.3, -0.25) is 0 Å². The quantitative estimate of drug-likeness (QED) is 0.654. The molecule has 7 heteroatoms. The molecule has 26 heavy (non-hydrogen) atoms. The Labute approximate surface area is 155 Å². The van der Waals surface area contributed by atoms with Crippen molar-refractivity contribution in [3.05, 3.63) is 58.5 Å². The number of carbonyl (C=O) groups excluding carboxylic acids is 1. The van der Waals surface area contributed by atoms with E-state index >= 15 is 0 Å². The predicted molar refractivity (Wildman–Crippen MR) is 96.1 cm³/mol. The van der Waals surface area contributed by atoms with E-state index in [1.165, 1.54) is 0 Å². The number of aryl methyl sites for hydroxylation is 1. The normalized spacial score (nSPS) is 13.5. The van der Waals surface area contributed by atoms with Gasteiger partial charge in [0.05, 0.1) is 18.2 Å². The zero-order valence-electron chi connectivity index (χ0n) is 14.2. The fourth-order valence-corrected chi connectivity index (χ4v) is 3.06. The molecule has 3 aromatic rings. The molecule has 0 saturated heterocycles. The van der Waals surface area contributed by atoms with Crippen LogP contribution in [0.4, 0.5) is 0 Å². The Bertz CT molecular complexity index is 983. The van der Waals surface area contributed by atoms with Crippen LogP contribution < -0.4 is 9.47 Å². The first-order chi connectivity index (χ1) is 12.6. The number of carbonyl (C=O) groups is 1. The third-order valence-corrected chi connectivity index (χ3v) is 4.34. The van der Waals surface area contributed by atoms with E-state index in [1.807, 2.05) is 25.3 Å². The van der Waals surface area contributed by atoms with Crippen LogP contribution >= 0.6 is 11.6 Å². The molecule has 0 spiro atoms. The van der Waals surface area contributed by atoms with Crippen LogP contribution in [0.5, 0.6) is 11.5 Å². The maximum Gasteiger partial charge on any atom is 0.358 e. The number of rotatable bonds is 3. The average Bonchev–Trinajstić information content (AvgIpc) is 2.89. The van der Waals surface area contributed by atoms with Gasteiger partial charge in [0.15, 0.2) is 17.2 Å². The maximum absolute atomic E-state index is 12.3. The fraction of sp³-hybridized carbons (Fsp3) is 0.263. The van der Waals surface area contributed by atoms with Crippen molar-refractivity contribution < 1.29 is 19.0 Å². The standard InChI is InChI=1S/C19H17ClN2O4/c1-12-3-4-22-10-15(21-17(22)7-12)19(23)26-11-13-8-14(20)18-16(9-13)24-5-2-6-25-18/h3-4,7-10H,2,5-6,11H2,1H3. The molecular formula is C19H17ClN2O4. The topological polar surface area (TPSA) is 62.1 Å². The lowest BCUT2D eigenvalue weighted by molar-refractivity contribution is 0.0466. The minimum Gasteiger partial charge on any atom is -0.489 e. The van der Waals surface area contributed by atoms with Gasteiger partial charge in [-0.15, -0.1) is 0 Å². The van der Waals surface area contributed by atoms with Crippen LogP contribution in [0.2, 0.25) is 5.02 Å². The summed E-state index contributed by atoms with van der Waals surface area (Å²) < 4.78 is 18.4. The first kappa shape index (κ1) is 16.7. The van der Waals surface area contributed by atoms with Crippen LogP contribution in [0.25, 0.3) is 5.65 Å². The molecule has 2 aromatic heterocycles. The highest BCUT2D eigenvalue weighted by Crippen LogP contribution is 2.38. The van der Waals surface area contributed by atoms with E-state index in [0.717, 1.165) is 17.5 Å². The maximum atomic E-state index is 12.3. The number of ether oxygens (including phenoxy) is 3. The van der Waals surface area contributed by atoms with Crippen molar-refractivity contribution in [2.45, 2.75) is 20.0 Å². The summed E-state index contributed by atoms with van der Waals surface area (Å²) in [5, 5.41) is 0.443. The third-order valence-electron chi connectivity index (χ3n) is 4.06. The molecule has 0 saturated carbocycles. The number of fused-ring (bicyclic) bond motifs is 2. The Kier molecular flexibility index (Phi) is 4.42. The van der Waals surface area contributed by atoms with E-state index in [1.54, 1.807) is 22.7 Å². The Balaban J connectivity index is 1.50. The summed E-state index contributed by atoms with van der Waals surface area (Å²) in [6.45, 7) is 3.17. The summed E-state index contributed by atoms with van der Waals surface area (Å²) in [4.78, 5) is 16.6. The van der Waals surface area contributed by atoms with Crippen molar-refractivity contribution in [3.63, 3.8) is 0 Å². The molecule has 6 nitrogen and oxygen atoms in total. The number of nitrogens with zero attached hydrogens (tertiary/aromatic N) is 2. The highest BCUT2D eigenvalue weighted by Gasteiger charge is 2.17. The highest BCUT2D eigenvalue weighted by molar-refractivity contribution is 6.32. The Morgan fingerprint density at radius 1 is 1.31 bits per heavy atom. The zero-order chi connectivity index (χ0) is 18.1. The van der Waals surface area contributed by atoms with E-state index in [4.69, 9.17) is 25.8 Å². The molecule has 0 unspecified atom stereocenters. The number of hydrogen-bond donors (Lipinski definition) is 0. The van der Waals surface area contributed by atoms with Gasteiger partial charge in [-0.2, -0.15) is 0 Å². The van der Waals surface area contributed by atoms with Gasteiger partial charge in [0.1, 0.15) is 12.3 Å². The number of esters is 1. The van der Waals surface area contributed by atoms with E-state index < -0.39 is 5.97 Å². The van der Waals surface area contributed by atoms with Gasteiger partial charge < -0.3 is 18.6 Å². The number of halogens is 1. The lowest BCUT2D eigenvalue weighted by atomic mass is 10.2. The van der Waals surface area contributed by atoms with Crippen molar-refractivity contribution in [1.29, 1.82) is 0 Å². The van der Waals surface area contributed by atoms with Gasteiger partial charge in [-0.25, -0.2) is 9.78 Å². The smallest absolute Gasteiger partial charge is 0.358 e. The molecule has 0 atom stereocenters. The average molecular weight is 373 g/mol. The molecule has 0 fully saturated rings. The molecule has 0 N–H and O–H groups in total. The second-order valence-electron chi connectivity index (χ2n) is 6.13. The third kappa shape index (κ3) is 3.32. The van der Waals surface area contributed by atoms with E-state index in [2.05, 4.69) is 4.98 Å². The molecule has 1 aromatic carbocycles. The Morgan fingerprint density at radius 2 is 2.15 bits per heavy atom. The van der Waals surface area contributed by atoms with Crippen LogP contribution in [0.3, 0.4) is 0 Å². The summed E-state index contributed by atoms with van der Waals surface area (Å²) in [6.07, 6.45) is 4.30. The molecular weight excluding hydrogens is 356 g/mol. The number of aromatic nitrogens is 2.